The van der Waals surface area contributed by atoms with Crippen LogP contribution in [-0.4, -0.2) is 73.3 Å². The topological polar surface area (TPSA) is 79.0 Å². The molecule has 0 radical (unpaired) electrons. The maximum Gasteiger partial charge on any atom is 0.251 e. The molecule has 3 aromatic rings. The summed E-state index contributed by atoms with van der Waals surface area (Å²) in [5, 5.41) is 5.05. The molecule has 0 atom stereocenters. The van der Waals surface area contributed by atoms with Gasteiger partial charge in [-0.2, -0.15) is 0 Å². The number of likely N-dealkylation sites (N-methyl/N-ethyl adjacent to an activating group) is 1. The number of carbonyl (C=O) groups is 3. The summed E-state index contributed by atoms with van der Waals surface area (Å²) in [7, 11) is 2.10. The molecule has 1 aliphatic carbocycles. The molecule has 1 N–H and O–H groups in total. The Balaban J connectivity index is 1.01. The lowest BCUT2D eigenvalue weighted by Crippen LogP contribution is -2.49. The monoisotopic (exact) mass is 541 g/mol. The zero-order valence-electron chi connectivity index (χ0n) is 23.3. The Kier molecular flexibility index (Phi) is 9.12. The van der Waals surface area contributed by atoms with Gasteiger partial charge in [-0.15, -0.1) is 0 Å². The second-order valence-corrected chi connectivity index (χ2v) is 11.1. The Bertz CT molecular complexity index is 1320. The van der Waals surface area contributed by atoms with Crippen LogP contribution < -0.4 is 10.1 Å². The fourth-order valence-electron chi connectivity index (χ4n) is 5.65. The molecule has 5 rings (SSSR count). The standard InChI is InChI=1S/C33H39N3O4/c1-35-19-21-36(22-20-35)33(39)26-12-16-30(17-13-26)40-29-14-10-25(11-15-29)31(37)7-4-18-34-32(38)28-9-8-24-5-2-3-6-27(24)23-28/h2-3,5-6,8-11,14-15,23,26,30H,4,7,12-13,16-22H2,1H3,(H,34,38). The predicted octanol–water partition coefficient (Wildman–Crippen LogP) is 4.94. The Hall–Kier alpha value is -3.71. The number of benzene rings is 3. The number of fused-ring (bicyclic) bond motifs is 1. The van der Waals surface area contributed by atoms with Crippen molar-refractivity contribution in [2.24, 2.45) is 5.92 Å². The summed E-state index contributed by atoms with van der Waals surface area (Å²) in [6.45, 7) is 4.00. The average Bonchev–Trinajstić information content (AvgIpc) is 2.99. The van der Waals surface area contributed by atoms with Crippen molar-refractivity contribution in [3.63, 3.8) is 0 Å². The third-order valence-electron chi connectivity index (χ3n) is 8.20. The molecule has 0 unspecified atom stereocenters. The Morgan fingerprint density at radius 1 is 0.825 bits per heavy atom. The van der Waals surface area contributed by atoms with Crippen LogP contribution in [0.3, 0.4) is 0 Å². The van der Waals surface area contributed by atoms with E-state index in [-0.39, 0.29) is 23.7 Å². The fraction of sp³-hybridized carbons (Fsp3) is 0.424. The zero-order chi connectivity index (χ0) is 27.9. The van der Waals surface area contributed by atoms with Crippen molar-refractivity contribution in [3.8, 4) is 5.75 Å². The van der Waals surface area contributed by atoms with Crippen LogP contribution in [0.15, 0.2) is 66.7 Å². The molecule has 0 bridgehead atoms. The number of carbonyl (C=O) groups excluding carboxylic acids is 3. The number of hydrogen-bond acceptors (Lipinski definition) is 5. The van der Waals surface area contributed by atoms with E-state index in [1.807, 2.05) is 71.6 Å². The van der Waals surface area contributed by atoms with Crippen LogP contribution in [0.4, 0.5) is 0 Å². The largest absolute Gasteiger partial charge is 0.490 e. The van der Waals surface area contributed by atoms with E-state index >= 15 is 0 Å². The smallest absolute Gasteiger partial charge is 0.251 e. The van der Waals surface area contributed by atoms with Gasteiger partial charge in [-0.3, -0.25) is 14.4 Å². The number of Topliss-reactive ketones (excluding diaryl/α,β-unsaturated/α-hetero) is 1. The van der Waals surface area contributed by atoms with Crippen molar-refractivity contribution in [2.75, 3.05) is 39.8 Å². The second-order valence-electron chi connectivity index (χ2n) is 11.1. The SMILES string of the molecule is CN1CCN(C(=O)C2CCC(Oc3ccc(C(=O)CCCNC(=O)c4ccc5ccccc5c4)cc3)CC2)CC1. The molecule has 2 aliphatic rings. The van der Waals surface area contributed by atoms with E-state index in [1.54, 1.807) is 0 Å². The van der Waals surface area contributed by atoms with Crippen LogP contribution in [0.5, 0.6) is 5.75 Å². The minimum absolute atomic E-state index is 0.0504. The van der Waals surface area contributed by atoms with Crippen LogP contribution in [0.1, 0.15) is 59.2 Å². The summed E-state index contributed by atoms with van der Waals surface area (Å²) in [4.78, 5) is 42.3. The quantitative estimate of drug-likeness (QED) is 0.307. The van der Waals surface area contributed by atoms with Crippen LogP contribution in [0, 0.1) is 5.92 Å². The molecular weight excluding hydrogens is 502 g/mol. The van der Waals surface area contributed by atoms with Crippen molar-refractivity contribution in [1.29, 1.82) is 0 Å². The molecular formula is C33H39N3O4. The summed E-state index contributed by atoms with van der Waals surface area (Å²) in [5.74, 6) is 1.10. The van der Waals surface area contributed by atoms with Crippen LogP contribution >= 0.6 is 0 Å². The lowest BCUT2D eigenvalue weighted by molar-refractivity contribution is -0.138. The van der Waals surface area contributed by atoms with Gasteiger partial charge in [0, 0.05) is 56.2 Å². The van der Waals surface area contributed by atoms with E-state index in [4.69, 9.17) is 4.74 Å². The number of nitrogens with zero attached hydrogens (tertiary/aromatic N) is 2. The molecule has 0 spiro atoms. The summed E-state index contributed by atoms with van der Waals surface area (Å²) < 4.78 is 6.18. The Morgan fingerprint density at radius 3 is 2.23 bits per heavy atom. The first-order valence-electron chi connectivity index (χ1n) is 14.5. The van der Waals surface area contributed by atoms with Crippen molar-refractivity contribution < 1.29 is 19.1 Å². The van der Waals surface area contributed by atoms with Gasteiger partial charge >= 0.3 is 0 Å². The normalized spacial score (nSPS) is 19.8. The molecule has 40 heavy (non-hydrogen) atoms. The maximum absolute atomic E-state index is 12.9. The molecule has 2 fully saturated rings. The van der Waals surface area contributed by atoms with Gasteiger partial charge in [-0.05, 0) is 86.3 Å². The molecule has 2 amide bonds. The van der Waals surface area contributed by atoms with Gasteiger partial charge in [0.2, 0.25) is 5.91 Å². The van der Waals surface area contributed by atoms with Crippen LogP contribution in [-0.2, 0) is 4.79 Å². The molecule has 7 nitrogen and oxygen atoms in total. The highest BCUT2D eigenvalue weighted by Crippen LogP contribution is 2.29. The van der Waals surface area contributed by atoms with E-state index < -0.39 is 0 Å². The first kappa shape index (κ1) is 27.8. The number of ketones is 1. The number of rotatable bonds is 9. The van der Waals surface area contributed by atoms with Crippen molar-refractivity contribution >= 4 is 28.4 Å². The van der Waals surface area contributed by atoms with Gasteiger partial charge < -0.3 is 19.9 Å². The number of amides is 2. The highest BCUT2D eigenvalue weighted by molar-refractivity contribution is 5.99. The molecule has 1 heterocycles. The van der Waals surface area contributed by atoms with Crippen molar-refractivity contribution in [2.45, 2.75) is 44.6 Å². The minimum Gasteiger partial charge on any atom is -0.490 e. The molecule has 1 aliphatic heterocycles. The highest BCUT2D eigenvalue weighted by atomic mass is 16.5. The highest BCUT2D eigenvalue weighted by Gasteiger charge is 2.31. The maximum atomic E-state index is 12.9. The van der Waals surface area contributed by atoms with Gasteiger partial charge in [-0.25, -0.2) is 0 Å². The average molecular weight is 542 g/mol. The van der Waals surface area contributed by atoms with Crippen molar-refractivity contribution in [1.82, 2.24) is 15.1 Å². The molecule has 1 saturated carbocycles. The molecule has 210 valence electrons. The van der Waals surface area contributed by atoms with Crippen molar-refractivity contribution in [3.05, 3.63) is 77.9 Å². The predicted molar refractivity (Wildman–Crippen MR) is 157 cm³/mol. The van der Waals surface area contributed by atoms with E-state index in [0.717, 1.165) is 68.4 Å². The molecule has 3 aromatic carbocycles. The number of piperazine rings is 1. The summed E-state index contributed by atoms with van der Waals surface area (Å²) >= 11 is 0. The molecule has 7 heteroatoms. The fourth-order valence-corrected chi connectivity index (χ4v) is 5.65. The van der Waals surface area contributed by atoms with Crippen LogP contribution in [0.25, 0.3) is 10.8 Å². The number of ether oxygens (including phenoxy) is 1. The number of nitrogens with one attached hydrogen (secondary N) is 1. The first-order chi connectivity index (χ1) is 19.5. The Labute approximate surface area is 236 Å². The first-order valence-corrected chi connectivity index (χ1v) is 14.5. The number of hydrogen-bond donors (Lipinski definition) is 1. The van der Waals surface area contributed by atoms with Gasteiger partial charge in [0.25, 0.3) is 5.91 Å². The third kappa shape index (κ3) is 7.07. The zero-order valence-corrected chi connectivity index (χ0v) is 23.3. The Morgan fingerprint density at radius 2 is 1.50 bits per heavy atom. The van der Waals surface area contributed by atoms with Gasteiger partial charge in [0.1, 0.15) is 5.75 Å². The van der Waals surface area contributed by atoms with E-state index in [0.29, 0.717) is 36.4 Å². The summed E-state index contributed by atoms with van der Waals surface area (Å²) in [6, 6.07) is 20.9. The van der Waals surface area contributed by atoms with E-state index in [2.05, 4.69) is 17.3 Å². The molecule has 0 aromatic heterocycles. The minimum atomic E-state index is -0.127. The lowest BCUT2D eigenvalue weighted by Gasteiger charge is -2.36. The lowest BCUT2D eigenvalue weighted by atomic mass is 9.86. The van der Waals surface area contributed by atoms with E-state index in [1.165, 1.54) is 0 Å². The van der Waals surface area contributed by atoms with E-state index in [9.17, 15) is 14.4 Å². The van der Waals surface area contributed by atoms with Crippen LogP contribution in [0.2, 0.25) is 0 Å². The second kappa shape index (κ2) is 13.1. The van der Waals surface area contributed by atoms with Gasteiger partial charge in [-0.1, -0.05) is 30.3 Å². The summed E-state index contributed by atoms with van der Waals surface area (Å²) in [6.07, 6.45) is 4.51. The third-order valence-corrected chi connectivity index (χ3v) is 8.20. The van der Waals surface area contributed by atoms with Gasteiger partial charge in [0.15, 0.2) is 5.78 Å². The van der Waals surface area contributed by atoms with Gasteiger partial charge in [0.05, 0.1) is 6.10 Å². The molecule has 1 saturated heterocycles. The summed E-state index contributed by atoms with van der Waals surface area (Å²) in [5.41, 5.74) is 1.27.